The Morgan fingerprint density at radius 2 is 1.97 bits per heavy atom. The molecule has 29 heavy (non-hydrogen) atoms. The maximum Gasteiger partial charge on any atom is 0.390 e. The predicted molar refractivity (Wildman–Crippen MR) is 108 cm³/mol. The van der Waals surface area contributed by atoms with Gasteiger partial charge in [0.15, 0.2) is 0 Å². The van der Waals surface area contributed by atoms with Crippen LogP contribution < -0.4 is 0 Å². The zero-order valence-corrected chi connectivity index (χ0v) is 16.8. The second-order valence-electron chi connectivity index (χ2n) is 7.46. The maximum atomic E-state index is 14.4. The highest BCUT2D eigenvalue weighted by Gasteiger charge is 2.31. The van der Waals surface area contributed by atoms with Gasteiger partial charge in [0.25, 0.3) is 0 Å². The molecule has 158 valence electrons. The van der Waals surface area contributed by atoms with Crippen LogP contribution in [0.1, 0.15) is 45.1 Å². The molecule has 0 spiro atoms. The number of H-pyrrole nitrogens is 1. The first-order chi connectivity index (χ1) is 13.9. The van der Waals surface area contributed by atoms with E-state index < -0.39 is 12.6 Å². The summed E-state index contributed by atoms with van der Waals surface area (Å²) in [6.45, 7) is 5.21. The fraction of sp³-hybridized carbons (Fsp3) is 0.500. The Morgan fingerprint density at radius 3 is 2.66 bits per heavy atom. The van der Waals surface area contributed by atoms with Crippen molar-refractivity contribution < 1.29 is 17.6 Å². The van der Waals surface area contributed by atoms with E-state index >= 15 is 0 Å². The molecule has 0 unspecified atom stereocenters. The Morgan fingerprint density at radius 1 is 1.21 bits per heavy atom. The molecule has 1 saturated carbocycles. The van der Waals surface area contributed by atoms with Gasteiger partial charge in [-0.15, -0.1) is 0 Å². The summed E-state index contributed by atoms with van der Waals surface area (Å²) in [5.41, 5.74) is 3.02. The summed E-state index contributed by atoms with van der Waals surface area (Å²) < 4.78 is 52.3. The Balaban J connectivity index is 0.00000117. The van der Waals surface area contributed by atoms with Crippen LogP contribution in [0.25, 0.3) is 16.6 Å². The Kier molecular flexibility index (Phi) is 6.77. The monoisotopic (exact) mass is 409 g/mol. The van der Waals surface area contributed by atoms with Crippen molar-refractivity contribution in [2.24, 2.45) is 5.92 Å². The van der Waals surface area contributed by atoms with Crippen LogP contribution in [-0.4, -0.2) is 40.7 Å². The molecule has 0 bridgehead atoms. The number of hydrogen-bond donors (Lipinski definition) is 1. The van der Waals surface area contributed by atoms with Crippen LogP contribution in [0.2, 0.25) is 0 Å². The number of allylic oxidation sites excluding steroid dienone is 3. The van der Waals surface area contributed by atoms with Crippen LogP contribution in [0.15, 0.2) is 36.2 Å². The summed E-state index contributed by atoms with van der Waals surface area (Å²) in [7, 11) is 0. The molecule has 3 nitrogen and oxygen atoms in total. The first-order valence-corrected chi connectivity index (χ1v) is 10.2. The largest absolute Gasteiger partial charge is 0.390 e. The molecule has 2 heterocycles. The third kappa shape index (κ3) is 5.69. The topological polar surface area (TPSA) is 31.9 Å². The Bertz CT molecular complexity index is 891. The van der Waals surface area contributed by atoms with Gasteiger partial charge in [-0.3, -0.25) is 4.90 Å². The fourth-order valence-electron chi connectivity index (χ4n) is 3.64. The highest BCUT2D eigenvalue weighted by Crippen LogP contribution is 2.35. The van der Waals surface area contributed by atoms with Crippen molar-refractivity contribution in [1.29, 1.82) is 0 Å². The van der Waals surface area contributed by atoms with Crippen LogP contribution in [0.3, 0.4) is 0 Å². The molecule has 1 N–H and O–H groups in total. The van der Waals surface area contributed by atoms with E-state index in [1.165, 1.54) is 6.20 Å². The van der Waals surface area contributed by atoms with Crippen molar-refractivity contribution in [3.63, 3.8) is 0 Å². The molecule has 0 aromatic carbocycles. The number of nitrogens with zero attached hydrogens (tertiary/aromatic N) is 2. The number of hydrogen-bond acceptors (Lipinski definition) is 2. The molecule has 0 atom stereocenters. The molecule has 0 radical (unpaired) electrons. The van der Waals surface area contributed by atoms with E-state index in [9.17, 15) is 17.6 Å². The minimum absolute atomic E-state index is 0.0122. The third-order valence-corrected chi connectivity index (χ3v) is 5.15. The van der Waals surface area contributed by atoms with Gasteiger partial charge in [0.2, 0.25) is 0 Å². The molecule has 0 saturated heterocycles. The molecule has 7 heteroatoms. The standard InChI is InChI=1S/C20H21F4N3.C2H6/c21-17-10-26-19-16(5-7-25-19)18(17)15-4-3-14(9-15)12-27(11-13-1-2-13)8-6-20(22,23)24;1-2/h3-5,7,10,13H,1-2,6,8-9,11-12H2,(H,25,26);1-2H3. The lowest BCUT2D eigenvalue weighted by Crippen LogP contribution is -2.31. The number of alkyl halides is 3. The minimum atomic E-state index is -4.14. The van der Waals surface area contributed by atoms with Gasteiger partial charge in [0, 0.05) is 36.8 Å². The van der Waals surface area contributed by atoms with Gasteiger partial charge in [-0.2, -0.15) is 13.2 Å². The van der Waals surface area contributed by atoms with Gasteiger partial charge in [-0.1, -0.05) is 31.6 Å². The summed E-state index contributed by atoms with van der Waals surface area (Å²) in [6, 6.07) is 1.79. The molecule has 2 aromatic rings. The summed E-state index contributed by atoms with van der Waals surface area (Å²) in [6.07, 6.45) is 4.52. The lowest BCUT2D eigenvalue weighted by atomic mass is 10.0. The van der Waals surface area contributed by atoms with Gasteiger partial charge >= 0.3 is 6.18 Å². The number of aromatic nitrogens is 2. The lowest BCUT2D eigenvalue weighted by Gasteiger charge is -2.24. The second kappa shape index (κ2) is 9.11. The molecular formula is C22H27F4N3. The summed E-state index contributed by atoms with van der Waals surface area (Å²) in [5, 5.41) is 0.725. The van der Waals surface area contributed by atoms with Crippen LogP contribution in [0.5, 0.6) is 0 Å². The van der Waals surface area contributed by atoms with Crippen LogP contribution in [0.4, 0.5) is 17.6 Å². The van der Waals surface area contributed by atoms with Gasteiger partial charge in [-0.25, -0.2) is 9.37 Å². The average Bonchev–Trinajstić information content (AvgIpc) is 3.17. The lowest BCUT2D eigenvalue weighted by molar-refractivity contribution is -0.137. The molecule has 0 amide bonds. The van der Waals surface area contributed by atoms with Crippen molar-refractivity contribution in [3.05, 3.63) is 47.6 Å². The molecule has 2 aliphatic carbocycles. The molecular weight excluding hydrogens is 382 g/mol. The number of fused-ring (bicyclic) bond motifs is 1. The smallest absolute Gasteiger partial charge is 0.346 e. The van der Waals surface area contributed by atoms with Gasteiger partial charge in [0.1, 0.15) is 11.5 Å². The quantitative estimate of drug-likeness (QED) is 0.560. The normalized spacial score (nSPS) is 16.7. The summed E-state index contributed by atoms with van der Waals surface area (Å²) >= 11 is 0. The van der Waals surface area contributed by atoms with Crippen molar-refractivity contribution in [1.82, 2.24) is 14.9 Å². The fourth-order valence-corrected chi connectivity index (χ4v) is 3.64. The summed E-state index contributed by atoms with van der Waals surface area (Å²) in [5.74, 6) is 0.139. The molecule has 2 aliphatic rings. The molecule has 0 aliphatic heterocycles. The van der Waals surface area contributed by atoms with E-state index in [0.717, 1.165) is 29.4 Å². The zero-order chi connectivity index (χ0) is 21.0. The highest BCUT2D eigenvalue weighted by molar-refractivity contribution is 5.92. The van der Waals surface area contributed by atoms with Crippen LogP contribution in [0, 0.1) is 11.7 Å². The number of pyridine rings is 1. The van der Waals surface area contributed by atoms with Gasteiger partial charge < -0.3 is 4.98 Å². The third-order valence-electron chi connectivity index (χ3n) is 5.15. The Hall–Kier alpha value is -2.15. The van der Waals surface area contributed by atoms with Gasteiger partial charge in [0.05, 0.1) is 12.6 Å². The van der Waals surface area contributed by atoms with E-state index in [2.05, 4.69) is 9.97 Å². The van der Waals surface area contributed by atoms with Crippen molar-refractivity contribution in [3.8, 4) is 0 Å². The first-order valence-electron chi connectivity index (χ1n) is 10.2. The molecule has 1 fully saturated rings. The molecule has 2 aromatic heterocycles. The van der Waals surface area contributed by atoms with Crippen molar-refractivity contribution in [2.45, 2.75) is 45.7 Å². The number of nitrogens with one attached hydrogen (secondary N) is 1. The van der Waals surface area contributed by atoms with Crippen LogP contribution >= 0.6 is 0 Å². The van der Waals surface area contributed by atoms with E-state index in [4.69, 9.17) is 0 Å². The van der Waals surface area contributed by atoms with Crippen molar-refractivity contribution in [2.75, 3.05) is 19.6 Å². The average molecular weight is 409 g/mol. The van der Waals surface area contributed by atoms with E-state index in [1.54, 1.807) is 12.3 Å². The summed E-state index contributed by atoms with van der Waals surface area (Å²) in [4.78, 5) is 8.91. The predicted octanol–water partition coefficient (Wildman–Crippen LogP) is 6.11. The van der Waals surface area contributed by atoms with Crippen molar-refractivity contribution >= 4 is 16.6 Å². The minimum Gasteiger partial charge on any atom is -0.346 e. The number of halogens is 4. The first kappa shape index (κ1) is 21.6. The Labute approximate surface area is 168 Å². The number of rotatable bonds is 7. The number of aromatic amines is 1. The van der Waals surface area contributed by atoms with E-state index in [0.29, 0.717) is 36.6 Å². The zero-order valence-electron chi connectivity index (χ0n) is 16.8. The van der Waals surface area contributed by atoms with E-state index in [1.807, 2.05) is 30.9 Å². The second-order valence-corrected chi connectivity index (χ2v) is 7.46. The van der Waals surface area contributed by atoms with E-state index in [-0.39, 0.29) is 12.4 Å². The maximum absolute atomic E-state index is 14.4. The SMILES string of the molecule is CC.Fc1cnc2[nH]ccc2c1C1=CC=C(CN(CCC(F)(F)F)CC2CC2)C1. The molecule has 4 rings (SSSR count). The highest BCUT2D eigenvalue weighted by atomic mass is 19.4. The van der Waals surface area contributed by atoms with Crippen LogP contribution in [-0.2, 0) is 0 Å². The van der Waals surface area contributed by atoms with Gasteiger partial charge in [-0.05, 0) is 36.8 Å².